The molecule has 2 atom stereocenters. The molecular formula is C17H23NO. The van der Waals surface area contributed by atoms with Gasteiger partial charge in [0.2, 0.25) is 0 Å². The van der Waals surface area contributed by atoms with Crippen LogP contribution in [0.25, 0.3) is 0 Å². The second-order valence-corrected chi connectivity index (χ2v) is 6.22. The zero-order valence-corrected chi connectivity index (χ0v) is 11.4. The van der Waals surface area contributed by atoms with Crippen LogP contribution in [0.3, 0.4) is 0 Å². The molecule has 0 radical (unpaired) electrons. The molecule has 0 aromatic heterocycles. The lowest BCUT2D eigenvalue weighted by Crippen LogP contribution is -2.26. The minimum absolute atomic E-state index is 0.307. The quantitative estimate of drug-likeness (QED) is 0.900. The first kappa shape index (κ1) is 12.9. The monoisotopic (exact) mass is 257 g/mol. The second-order valence-electron chi connectivity index (χ2n) is 6.22. The highest BCUT2D eigenvalue weighted by Gasteiger charge is 2.46. The van der Waals surface area contributed by atoms with Crippen molar-refractivity contribution < 1.29 is 4.79 Å². The number of hydrogen-bond acceptors (Lipinski definition) is 2. The van der Waals surface area contributed by atoms with E-state index in [1.807, 2.05) is 6.07 Å². The van der Waals surface area contributed by atoms with Gasteiger partial charge in [0.15, 0.2) is 0 Å². The third kappa shape index (κ3) is 2.74. The zero-order valence-electron chi connectivity index (χ0n) is 11.4. The summed E-state index contributed by atoms with van der Waals surface area (Å²) >= 11 is 0. The summed E-state index contributed by atoms with van der Waals surface area (Å²) in [5, 5.41) is 0. The van der Waals surface area contributed by atoms with Crippen LogP contribution in [0.4, 0.5) is 0 Å². The Morgan fingerprint density at radius 3 is 2.42 bits per heavy atom. The molecule has 1 aromatic rings. The van der Waals surface area contributed by atoms with E-state index in [1.54, 1.807) is 0 Å². The van der Waals surface area contributed by atoms with Crippen LogP contribution in [0.5, 0.6) is 0 Å². The fourth-order valence-electron chi connectivity index (χ4n) is 3.56. The molecule has 2 aliphatic rings. The third-order valence-corrected chi connectivity index (χ3v) is 4.97. The lowest BCUT2D eigenvalue weighted by atomic mass is 9.79. The van der Waals surface area contributed by atoms with E-state index in [0.29, 0.717) is 29.5 Å². The molecule has 2 unspecified atom stereocenters. The van der Waals surface area contributed by atoms with Gasteiger partial charge in [-0.05, 0) is 56.0 Å². The maximum atomic E-state index is 12.5. The van der Waals surface area contributed by atoms with Crippen molar-refractivity contribution >= 4 is 5.78 Å². The summed E-state index contributed by atoms with van der Waals surface area (Å²) in [5.74, 6) is 2.32. The van der Waals surface area contributed by atoms with Crippen LogP contribution < -0.4 is 5.73 Å². The number of carbonyl (C=O) groups is 1. The van der Waals surface area contributed by atoms with E-state index in [1.165, 1.54) is 5.56 Å². The number of ketones is 1. The van der Waals surface area contributed by atoms with Gasteiger partial charge in [-0.25, -0.2) is 0 Å². The SMILES string of the molecule is NCC1CCC(C(=O)C2CC2c2ccccc2)CC1. The number of carbonyl (C=O) groups excluding carboxylic acids is 1. The van der Waals surface area contributed by atoms with Crippen molar-refractivity contribution in [3.63, 3.8) is 0 Å². The number of benzene rings is 1. The second kappa shape index (κ2) is 5.46. The standard InChI is InChI=1S/C17H23NO/c18-11-12-6-8-14(9-7-12)17(19)16-10-15(16)13-4-2-1-3-5-13/h1-5,12,14-16H,6-11,18H2. The van der Waals surface area contributed by atoms with Crippen LogP contribution in [0.1, 0.15) is 43.6 Å². The molecule has 2 aliphatic carbocycles. The summed E-state index contributed by atoms with van der Waals surface area (Å²) in [6.45, 7) is 0.789. The van der Waals surface area contributed by atoms with Gasteiger partial charge in [0.05, 0.1) is 0 Å². The van der Waals surface area contributed by atoms with E-state index in [0.717, 1.165) is 38.6 Å². The highest BCUT2D eigenvalue weighted by molar-refractivity contribution is 5.87. The molecule has 0 amide bonds. The molecular weight excluding hydrogens is 234 g/mol. The minimum Gasteiger partial charge on any atom is -0.330 e. The smallest absolute Gasteiger partial charge is 0.139 e. The fraction of sp³-hybridized carbons (Fsp3) is 0.588. The van der Waals surface area contributed by atoms with Crippen LogP contribution >= 0.6 is 0 Å². The van der Waals surface area contributed by atoms with Crippen molar-refractivity contribution in [2.24, 2.45) is 23.5 Å². The Kier molecular flexibility index (Phi) is 3.69. The predicted molar refractivity (Wildman–Crippen MR) is 76.8 cm³/mol. The van der Waals surface area contributed by atoms with Crippen molar-refractivity contribution in [1.82, 2.24) is 0 Å². The normalized spacial score (nSPS) is 33.9. The van der Waals surface area contributed by atoms with E-state index < -0.39 is 0 Å². The van der Waals surface area contributed by atoms with Crippen molar-refractivity contribution in [3.05, 3.63) is 35.9 Å². The van der Waals surface area contributed by atoms with Gasteiger partial charge in [0, 0.05) is 11.8 Å². The number of Topliss-reactive ketones (excluding diaryl/α,β-unsaturated/α-hetero) is 1. The molecule has 2 nitrogen and oxygen atoms in total. The van der Waals surface area contributed by atoms with Crippen molar-refractivity contribution in [3.8, 4) is 0 Å². The van der Waals surface area contributed by atoms with Gasteiger partial charge in [0.25, 0.3) is 0 Å². The van der Waals surface area contributed by atoms with Gasteiger partial charge in [-0.3, -0.25) is 4.79 Å². The minimum atomic E-state index is 0.307. The van der Waals surface area contributed by atoms with Crippen LogP contribution in [0.2, 0.25) is 0 Å². The van der Waals surface area contributed by atoms with Gasteiger partial charge >= 0.3 is 0 Å². The van der Waals surface area contributed by atoms with E-state index in [2.05, 4.69) is 24.3 Å². The maximum Gasteiger partial charge on any atom is 0.139 e. The molecule has 3 rings (SSSR count). The molecule has 2 fully saturated rings. The molecule has 0 bridgehead atoms. The van der Waals surface area contributed by atoms with E-state index in [-0.39, 0.29) is 0 Å². The largest absolute Gasteiger partial charge is 0.330 e. The maximum absolute atomic E-state index is 12.5. The topological polar surface area (TPSA) is 43.1 Å². The molecule has 2 N–H and O–H groups in total. The van der Waals surface area contributed by atoms with Gasteiger partial charge in [0.1, 0.15) is 5.78 Å². The number of rotatable bonds is 4. The van der Waals surface area contributed by atoms with Crippen LogP contribution in [0.15, 0.2) is 30.3 Å². The molecule has 1 aromatic carbocycles. The lowest BCUT2D eigenvalue weighted by Gasteiger charge is -2.26. The third-order valence-electron chi connectivity index (χ3n) is 4.97. The van der Waals surface area contributed by atoms with E-state index >= 15 is 0 Å². The van der Waals surface area contributed by atoms with Crippen LogP contribution in [0, 0.1) is 17.8 Å². The Morgan fingerprint density at radius 2 is 1.79 bits per heavy atom. The van der Waals surface area contributed by atoms with E-state index in [4.69, 9.17) is 5.73 Å². The van der Waals surface area contributed by atoms with Crippen molar-refractivity contribution in [2.45, 2.75) is 38.0 Å². The number of nitrogens with two attached hydrogens (primary N) is 1. The van der Waals surface area contributed by atoms with E-state index in [9.17, 15) is 4.79 Å². The predicted octanol–water partition coefficient (Wildman–Crippen LogP) is 3.12. The Morgan fingerprint density at radius 1 is 1.11 bits per heavy atom. The van der Waals surface area contributed by atoms with Gasteiger partial charge in [-0.1, -0.05) is 30.3 Å². The van der Waals surface area contributed by atoms with Gasteiger partial charge in [-0.15, -0.1) is 0 Å². The molecule has 0 spiro atoms. The van der Waals surface area contributed by atoms with Crippen LogP contribution in [-0.4, -0.2) is 12.3 Å². The number of hydrogen-bond donors (Lipinski definition) is 1. The zero-order chi connectivity index (χ0) is 13.2. The Hall–Kier alpha value is -1.15. The molecule has 0 saturated heterocycles. The molecule has 2 heteroatoms. The van der Waals surface area contributed by atoms with Gasteiger partial charge < -0.3 is 5.73 Å². The molecule has 2 saturated carbocycles. The first-order valence-corrected chi connectivity index (χ1v) is 7.58. The fourth-order valence-corrected chi connectivity index (χ4v) is 3.56. The molecule has 0 heterocycles. The van der Waals surface area contributed by atoms with Crippen molar-refractivity contribution in [2.75, 3.05) is 6.54 Å². The Balaban J connectivity index is 1.56. The summed E-state index contributed by atoms with van der Waals surface area (Å²) < 4.78 is 0. The Bertz CT molecular complexity index is 434. The summed E-state index contributed by atoms with van der Waals surface area (Å²) in [6.07, 6.45) is 5.50. The highest BCUT2D eigenvalue weighted by atomic mass is 16.1. The van der Waals surface area contributed by atoms with Gasteiger partial charge in [-0.2, -0.15) is 0 Å². The summed E-state index contributed by atoms with van der Waals surface area (Å²) in [7, 11) is 0. The average molecular weight is 257 g/mol. The average Bonchev–Trinajstić information content (AvgIpc) is 3.28. The Labute approximate surface area is 115 Å². The first-order chi connectivity index (χ1) is 9.29. The summed E-state index contributed by atoms with van der Waals surface area (Å²) in [5.41, 5.74) is 7.05. The summed E-state index contributed by atoms with van der Waals surface area (Å²) in [6, 6.07) is 10.5. The lowest BCUT2D eigenvalue weighted by molar-refractivity contribution is -0.125. The molecule has 102 valence electrons. The molecule has 0 aliphatic heterocycles. The first-order valence-electron chi connectivity index (χ1n) is 7.58. The molecule has 19 heavy (non-hydrogen) atoms. The van der Waals surface area contributed by atoms with Crippen LogP contribution in [-0.2, 0) is 4.79 Å². The van der Waals surface area contributed by atoms with Crippen molar-refractivity contribution in [1.29, 1.82) is 0 Å². The highest BCUT2D eigenvalue weighted by Crippen LogP contribution is 2.50. The summed E-state index contributed by atoms with van der Waals surface area (Å²) in [4.78, 5) is 12.5.